The fraction of sp³-hybridized carbons (Fsp3) is 0.696. The first kappa shape index (κ1) is 22.8. The molecule has 2 unspecified atom stereocenters. The number of ether oxygens (including phenoxy) is 2. The minimum Gasteiger partial charge on any atom is -0.493 e. The molecule has 1 aromatic carbocycles. The van der Waals surface area contributed by atoms with Crippen molar-refractivity contribution in [2.75, 3.05) is 66.6 Å². The molecule has 0 spiro atoms. The average molecular weight is 418 g/mol. The predicted octanol–water partition coefficient (Wildman–Crippen LogP) is 1.71. The molecule has 2 aliphatic heterocycles. The van der Waals surface area contributed by atoms with Crippen LogP contribution >= 0.6 is 0 Å². The molecule has 2 saturated heterocycles. The lowest BCUT2D eigenvalue weighted by Crippen LogP contribution is -2.55. The highest BCUT2D eigenvalue weighted by Gasteiger charge is 2.22. The number of aliphatic imine (C=N–C) groups is 1. The van der Waals surface area contributed by atoms with Crippen molar-refractivity contribution < 1.29 is 9.47 Å². The second kappa shape index (κ2) is 11.5. The van der Waals surface area contributed by atoms with Crippen molar-refractivity contribution in [1.29, 1.82) is 0 Å². The molecule has 2 heterocycles. The van der Waals surface area contributed by atoms with Gasteiger partial charge < -0.3 is 25.0 Å². The van der Waals surface area contributed by atoms with Gasteiger partial charge in [0.15, 0.2) is 5.96 Å². The molecule has 0 aromatic heterocycles. The number of nitrogens with one attached hydrogen (secondary N) is 2. The van der Waals surface area contributed by atoms with Gasteiger partial charge >= 0.3 is 0 Å². The van der Waals surface area contributed by atoms with E-state index in [4.69, 9.17) is 14.5 Å². The van der Waals surface area contributed by atoms with E-state index in [-0.39, 0.29) is 0 Å². The van der Waals surface area contributed by atoms with Crippen LogP contribution < -0.4 is 15.4 Å². The molecule has 30 heavy (non-hydrogen) atoms. The van der Waals surface area contributed by atoms with Gasteiger partial charge in [-0.15, -0.1) is 0 Å². The Kier molecular flexibility index (Phi) is 8.78. The van der Waals surface area contributed by atoms with Crippen LogP contribution in [0.5, 0.6) is 5.75 Å². The number of aryl methyl sites for hydroxylation is 1. The smallest absolute Gasteiger partial charge is 0.191 e. The van der Waals surface area contributed by atoms with E-state index in [1.165, 1.54) is 5.56 Å². The highest BCUT2D eigenvalue weighted by Crippen LogP contribution is 2.23. The van der Waals surface area contributed by atoms with Crippen molar-refractivity contribution in [3.8, 4) is 5.75 Å². The minimum absolute atomic E-state index is 0.486. The topological polar surface area (TPSA) is 61.4 Å². The summed E-state index contributed by atoms with van der Waals surface area (Å²) in [5, 5.41) is 6.91. The van der Waals surface area contributed by atoms with Crippen LogP contribution in [0, 0.1) is 12.8 Å². The van der Waals surface area contributed by atoms with E-state index in [0.29, 0.717) is 25.1 Å². The minimum atomic E-state index is 0.486. The Labute approximate surface area is 181 Å². The van der Waals surface area contributed by atoms with Gasteiger partial charge in [0.05, 0.1) is 19.8 Å². The van der Waals surface area contributed by atoms with Gasteiger partial charge in [-0.1, -0.05) is 12.1 Å². The van der Waals surface area contributed by atoms with Crippen molar-refractivity contribution in [2.24, 2.45) is 10.9 Å². The number of likely N-dealkylation sites (N-methyl/N-ethyl adjacent to an activating group) is 2. The number of piperazine rings is 1. The zero-order valence-corrected chi connectivity index (χ0v) is 19.1. The van der Waals surface area contributed by atoms with Gasteiger partial charge in [0.25, 0.3) is 0 Å². The molecule has 0 amide bonds. The number of benzene rings is 1. The van der Waals surface area contributed by atoms with Crippen LogP contribution in [0.3, 0.4) is 0 Å². The van der Waals surface area contributed by atoms with Gasteiger partial charge in [0, 0.05) is 56.9 Å². The summed E-state index contributed by atoms with van der Waals surface area (Å²) < 4.78 is 11.6. The Bertz CT molecular complexity index is 690. The normalized spacial score (nSPS) is 23.5. The SMILES string of the molecule is CCNC(=NCc1ccc(C)cc1OCC1CCOC1)NCC1CN(C)CCN1C. The lowest BCUT2D eigenvalue weighted by molar-refractivity contribution is 0.116. The molecule has 3 rings (SSSR count). The van der Waals surface area contributed by atoms with Gasteiger partial charge in [-0.2, -0.15) is 0 Å². The van der Waals surface area contributed by atoms with Crippen molar-refractivity contribution in [2.45, 2.75) is 32.9 Å². The van der Waals surface area contributed by atoms with E-state index in [0.717, 1.165) is 69.6 Å². The van der Waals surface area contributed by atoms with Crippen LogP contribution in [0.15, 0.2) is 23.2 Å². The summed E-state index contributed by atoms with van der Waals surface area (Å²) in [5.74, 6) is 2.29. The number of hydrogen-bond acceptors (Lipinski definition) is 5. The molecule has 7 heteroatoms. The summed E-state index contributed by atoms with van der Waals surface area (Å²) >= 11 is 0. The first-order chi connectivity index (χ1) is 14.5. The van der Waals surface area contributed by atoms with Crippen LogP contribution in [0.25, 0.3) is 0 Å². The van der Waals surface area contributed by atoms with E-state index in [1.54, 1.807) is 0 Å². The fourth-order valence-corrected chi connectivity index (χ4v) is 3.89. The molecular weight excluding hydrogens is 378 g/mol. The van der Waals surface area contributed by atoms with Gasteiger partial charge in [-0.3, -0.25) is 4.90 Å². The Morgan fingerprint density at radius 3 is 2.90 bits per heavy atom. The van der Waals surface area contributed by atoms with Crippen molar-refractivity contribution >= 4 is 5.96 Å². The summed E-state index contributed by atoms with van der Waals surface area (Å²) in [4.78, 5) is 9.66. The maximum absolute atomic E-state index is 6.17. The zero-order chi connectivity index (χ0) is 21.3. The average Bonchev–Trinajstić information content (AvgIpc) is 3.25. The number of nitrogens with zero attached hydrogens (tertiary/aromatic N) is 3. The Morgan fingerprint density at radius 1 is 1.27 bits per heavy atom. The third kappa shape index (κ3) is 6.86. The molecule has 2 atom stereocenters. The molecule has 0 aliphatic carbocycles. The lowest BCUT2D eigenvalue weighted by atomic mass is 10.1. The van der Waals surface area contributed by atoms with E-state index in [9.17, 15) is 0 Å². The van der Waals surface area contributed by atoms with Gasteiger partial charge in [0.2, 0.25) is 0 Å². The van der Waals surface area contributed by atoms with Crippen molar-refractivity contribution in [3.05, 3.63) is 29.3 Å². The molecular formula is C23H39N5O2. The molecule has 1 aromatic rings. The molecule has 0 bridgehead atoms. The van der Waals surface area contributed by atoms with E-state index >= 15 is 0 Å². The first-order valence-electron chi connectivity index (χ1n) is 11.3. The molecule has 168 valence electrons. The molecule has 2 aliphatic rings. The number of guanidine groups is 1. The van der Waals surface area contributed by atoms with Crippen LogP contribution in [0.1, 0.15) is 24.5 Å². The Hall–Kier alpha value is -1.83. The summed E-state index contributed by atoms with van der Waals surface area (Å²) in [7, 11) is 4.39. The highest BCUT2D eigenvalue weighted by atomic mass is 16.5. The largest absolute Gasteiger partial charge is 0.493 e. The number of hydrogen-bond donors (Lipinski definition) is 2. The Morgan fingerprint density at radius 2 is 2.13 bits per heavy atom. The van der Waals surface area contributed by atoms with Crippen molar-refractivity contribution in [3.63, 3.8) is 0 Å². The summed E-state index contributed by atoms with van der Waals surface area (Å²) in [6.45, 7) is 12.2. The summed E-state index contributed by atoms with van der Waals surface area (Å²) in [5.41, 5.74) is 2.32. The number of rotatable bonds is 8. The lowest BCUT2D eigenvalue weighted by Gasteiger charge is -2.37. The monoisotopic (exact) mass is 417 g/mol. The second-order valence-electron chi connectivity index (χ2n) is 8.62. The predicted molar refractivity (Wildman–Crippen MR) is 122 cm³/mol. The standard InChI is InChI=1S/C23H39N5O2/c1-5-24-23(26-14-21-15-27(3)9-10-28(21)4)25-13-20-7-6-18(2)12-22(20)30-17-19-8-11-29-16-19/h6-7,12,19,21H,5,8-11,13-17H2,1-4H3,(H2,24,25,26). The van der Waals surface area contributed by atoms with Crippen LogP contribution in [0.4, 0.5) is 0 Å². The van der Waals surface area contributed by atoms with Crippen LogP contribution in [0.2, 0.25) is 0 Å². The summed E-state index contributed by atoms with van der Waals surface area (Å²) in [6.07, 6.45) is 1.08. The molecule has 2 fully saturated rings. The highest BCUT2D eigenvalue weighted by molar-refractivity contribution is 5.79. The maximum Gasteiger partial charge on any atom is 0.191 e. The fourth-order valence-electron chi connectivity index (χ4n) is 3.89. The van der Waals surface area contributed by atoms with Crippen LogP contribution in [-0.2, 0) is 11.3 Å². The summed E-state index contributed by atoms with van der Waals surface area (Å²) in [6, 6.07) is 6.86. The molecule has 0 saturated carbocycles. The van der Waals surface area contributed by atoms with Gasteiger partial charge in [-0.05, 0) is 46.0 Å². The van der Waals surface area contributed by atoms with E-state index < -0.39 is 0 Å². The second-order valence-corrected chi connectivity index (χ2v) is 8.62. The van der Waals surface area contributed by atoms with Gasteiger partial charge in [-0.25, -0.2) is 4.99 Å². The van der Waals surface area contributed by atoms with Gasteiger partial charge in [0.1, 0.15) is 5.75 Å². The third-order valence-electron chi connectivity index (χ3n) is 5.96. The first-order valence-corrected chi connectivity index (χ1v) is 11.3. The van der Waals surface area contributed by atoms with E-state index in [1.807, 2.05) is 0 Å². The Balaban J connectivity index is 1.60. The van der Waals surface area contributed by atoms with Crippen LogP contribution in [-0.4, -0.2) is 88.4 Å². The molecule has 0 radical (unpaired) electrons. The third-order valence-corrected chi connectivity index (χ3v) is 5.96. The maximum atomic E-state index is 6.17. The zero-order valence-electron chi connectivity index (χ0n) is 19.1. The quantitative estimate of drug-likeness (QED) is 0.496. The van der Waals surface area contributed by atoms with Crippen molar-refractivity contribution in [1.82, 2.24) is 20.4 Å². The van der Waals surface area contributed by atoms with E-state index in [2.05, 4.69) is 66.6 Å². The molecule has 2 N–H and O–H groups in total. The molecule has 7 nitrogen and oxygen atoms in total.